The molecule has 1 amide bonds. The van der Waals surface area contributed by atoms with Gasteiger partial charge in [0.05, 0.1) is 6.21 Å². The molecule has 130 valence electrons. The molecule has 1 N–H and O–H groups in total. The van der Waals surface area contributed by atoms with Crippen molar-refractivity contribution < 1.29 is 9.21 Å². The lowest BCUT2D eigenvalue weighted by Crippen LogP contribution is -2.16. The van der Waals surface area contributed by atoms with Gasteiger partial charge in [-0.3, -0.25) is 4.79 Å². The highest BCUT2D eigenvalue weighted by Gasteiger charge is 2.10. The highest BCUT2D eigenvalue weighted by molar-refractivity contribution is 9.10. The zero-order chi connectivity index (χ0) is 18.1. The standard InChI is InChI=1S/C20H16BrN3O2/c1-2-24-16-6-4-3-5-14(16)15-11-13(7-8-17(15)24)12-22-23-20(25)18-9-10-19(21)26-18/h3-12H,2H2,1H3,(H,23,25)/b22-12-. The van der Waals surface area contributed by atoms with Gasteiger partial charge in [0.2, 0.25) is 0 Å². The molecule has 0 atom stereocenters. The van der Waals surface area contributed by atoms with Crippen molar-refractivity contribution in [3.63, 3.8) is 0 Å². The van der Waals surface area contributed by atoms with Crippen LogP contribution in [0.25, 0.3) is 21.8 Å². The SMILES string of the molecule is CCn1c2ccccc2c2cc(/C=N\NC(=O)c3ccc(Br)o3)ccc21. The molecule has 0 saturated heterocycles. The van der Waals surface area contributed by atoms with Crippen LogP contribution in [0.1, 0.15) is 23.0 Å². The summed E-state index contributed by atoms with van der Waals surface area (Å²) in [6.07, 6.45) is 1.63. The van der Waals surface area contributed by atoms with Crippen LogP contribution in [0.2, 0.25) is 0 Å². The summed E-state index contributed by atoms with van der Waals surface area (Å²) >= 11 is 3.17. The molecule has 0 bridgehead atoms. The number of hydrogen-bond donors (Lipinski definition) is 1. The molecule has 0 aliphatic rings. The third-order valence-corrected chi connectivity index (χ3v) is 4.72. The third-order valence-electron chi connectivity index (χ3n) is 4.29. The lowest BCUT2D eigenvalue weighted by Gasteiger charge is -2.02. The Morgan fingerprint density at radius 2 is 1.96 bits per heavy atom. The van der Waals surface area contributed by atoms with Crippen LogP contribution < -0.4 is 5.43 Å². The van der Waals surface area contributed by atoms with Gasteiger partial charge in [-0.15, -0.1) is 0 Å². The summed E-state index contributed by atoms with van der Waals surface area (Å²) in [5.74, 6) is -0.189. The van der Waals surface area contributed by atoms with Gasteiger partial charge < -0.3 is 8.98 Å². The second kappa shape index (κ2) is 6.80. The number of benzene rings is 2. The Balaban J connectivity index is 1.63. The van der Waals surface area contributed by atoms with Crippen molar-refractivity contribution >= 4 is 49.9 Å². The number of nitrogens with one attached hydrogen (secondary N) is 1. The molecule has 5 nitrogen and oxygen atoms in total. The topological polar surface area (TPSA) is 59.5 Å². The van der Waals surface area contributed by atoms with Gasteiger partial charge in [0.1, 0.15) is 0 Å². The van der Waals surface area contributed by atoms with E-state index in [0.29, 0.717) is 4.67 Å². The van der Waals surface area contributed by atoms with Gasteiger partial charge in [0.25, 0.3) is 0 Å². The molecule has 26 heavy (non-hydrogen) atoms. The molecule has 0 aliphatic heterocycles. The second-order valence-corrected chi connectivity index (χ2v) is 6.62. The number of carbonyl (C=O) groups excluding carboxylic acids is 1. The van der Waals surface area contributed by atoms with Gasteiger partial charge >= 0.3 is 5.91 Å². The number of rotatable bonds is 4. The van der Waals surface area contributed by atoms with E-state index < -0.39 is 5.91 Å². The molecule has 0 unspecified atom stereocenters. The van der Waals surface area contributed by atoms with Gasteiger partial charge in [-0.1, -0.05) is 24.3 Å². The predicted molar refractivity (Wildman–Crippen MR) is 107 cm³/mol. The Morgan fingerprint density at radius 1 is 1.15 bits per heavy atom. The Labute approximate surface area is 158 Å². The lowest BCUT2D eigenvalue weighted by atomic mass is 10.1. The Morgan fingerprint density at radius 3 is 2.73 bits per heavy atom. The fourth-order valence-electron chi connectivity index (χ4n) is 3.15. The van der Waals surface area contributed by atoms with Crippen LogP contribution in [0.15, 0.2) is 68.8 Å². The van der Waals surface area contributed by atoms with Crippen LogP contribution in [0.5, 0.6) is 0 Å². The molecule has 0 radical (unpaired) electrons. The maximum atomic E-state index is 11.9. The average molecular weight is 410 g/mol. The molecule has 4 rings (SSSR count). The second-order valence-electron chi connectivity index (χ2n) is 5.84. The number of furan rings is 1. The summed E-state index contributed by atoms with van der Waals surface area (Å²) in [7, 11) is 0. The Bertz CT molecular complexity index is 1140. The summed E-state index contributed by atoms with van der Waals surface area (Å²) in [6, 6.07) is 17.8. The number of nitrogens with zero attached hydrogens (tertiary/aromatic N) is 2. The number of hydrogen-bond acceptors (Lipinski definition) is 3. The molecule has 0 saturated carbocycles. The van der Waals surface area contributed by atoms with Crippen molar-refractivity contribution in [2.24, 2.45) is 5.10 Å². The minimum absolute atomic E-state index is 0.204. The van der Waals surface area contributed by atoms with E-state index in [1.807, 2.05) is 12.1 Å². The first kappa shape index (κ1) is 16.6. The van der Waals surface area contributed by atoms with Crippen molar-refractivity contribution in [1.29, 1.82) is 0 Å². The number of amides is 1. The summed E-state index contributed by atoms with van der Waals surface area (Å²) in [4.78, 5) is 11.9. The molecule has 4 aromatic rings. The number of halogens is 1. The number of carbonyl (C=O) groups is 1. The summed E-state index contributed by atoms with van der Waals surface area (Å²) in [6.45, 7) is 3.05. The van der Waals surface area contributed by atoms with E-state index in [0.717, 1.165) is 12.1 Å². The Hall–Kier alpha value is -2.86. The van der Waals surface area contributed by atoms with E-state index in [4.69, 9.17) is 4.42 Å². The molecule has 0 fully saturated rings. The summed E-state index contributed by atoms with van der Waals surface area (Å²) in [5, 5.41) is 6.42. The predicted octanol–water partition coefficient (Wildman–Crippen LogP) is 4.93. The van der Waals surface area contributed by atoms with Gasteiger partial charge in [-0.25, -0.2) is 5.43 Å². The normalized spacial score (nSPS) is 11.6. The van der Waals surface area contributed by atoms with Crippen molar-refractivity contribution in [1.82, 2.24) is 9.99 Å². The van der Waals surface area contributed by atoms with Crippen LogP contribution in [0, 0.1) is 0 Å². The lowest BCUT2D eigenvalue weighted by molar-refractivity contribution is 0.0926. The molecule has 0 spiro atoms. The maximum absolute atomic E-state index is 11.9. The monoisotopic (exact) mass is 409 g/mol. The Kier molecular flexibility index (Phi) is 4.34. The summed E-state index contributed by atoms with van der Waals surface area (Å²) < 4.78 is 7.99. The zero-order valence-corrected chi connectivity index (χ0v) is 15.7. The summed E-state index contributed by atoms with van der Waals surface area (Å²) in [5.41, 5.74) is 5.80. The quantitative estimate of drug-likeness (QED) is 0.383. The van der Waals surface area contributed by atoms with Crippen LogP contribution in [-0.4, -0.2) is 16.7 Å². The minimum Gasteiger partial charge on any atom is -0.444 e. The van der Waals surface area contributed by atoms with E-state index in [2.05, 4.69) is 68.3 Å². The molecule has 2 heterocycles. The van der Waals surface area contributed by atoms with Gasteiger partial charge in [0.15, 0.2) is 10.4 Å². The van der Waals surface area contributed by atoms with Crippen LogP contribution in [0.3, 0.4) is 0 Å². The van der Waals surface area contributed by atoms with Crippen LogP contribution in [-0.2, 0) is 6.54 Å². The third kappa shape index (κ3) is 2.93. The minimum atomic E-state index is -0.393. The largest absolute Gasteiger partial charge is 0.444 e. The van der Waals surface area contributed by atoms with E-state index in [1.54, 1.807) is 18.3 Å². The van der Waals surface area contributed by atoms with Crippen LogP contribution in [0.4, 0.5) is 0 Å². The van der Waals surface area contributed by atoms with E-state index in [9.17, 15) is 4.79 Å². The number of aromatic nitrogens is 1. The van der Waals surface area contributed by atoms with E-state index in [1.165, 1.54) is 21.8 Å². The number of aryl methyl sites for hydroxylation is 1. The van der Waals surface area contributed by atoms with Gasteiger partial charge in [0, 0.05) is 28.4 Å². The molecule has 6 heteroatoms. The van der Waals surface area contributed by atoms with Crippen molar-refractivity contribution in [3.05, 3.63) is 70.6 Å². The maximum Gasteiger partial charge on any atom is 0.307 e. The van der Waals surface area contributed by atoms with Crippen LogP contribution >= 0.6 is 15.9 Å². The first-order valence-corrected chi connectivity index (χ1v) is 9.06. The highest BCUT2D eigenvalue weighted by atomic mass is 79.9. The van der Waals surface area contributed by atoms with Crippen molar-refractivity contribution in [2.75, 3.05) is 0 Å². The molecule has 2 aromatic carbocycles. The zero-order valence-electron chi connectivity index (χ0n) is 14.1. The molecule has 2 aromatic heterocycles. The smallest absolute Gasteiger partial charge is 0.307 e. The van der Waals surface area contributed by atoms with Gasteiger partial charge in [-0.05, 0) is 58.7 Å². The average Bonchev–Trinajstić information content (AvgIpc) is 3.23. The van der Waals surface area contributed by atoms with E-state index in [-0.39, 0.29) is 5.76 Å². The first-order chi connectivity index (χ1) is 12.7. The first-order valence-electron chi connectivity index (χ1n) is 8.27. The van der Waals surface area contributed by atoms with E-state index >= 15 is 0 Å². The number of para-hydroxylation sites is 1. The fourth-order valence-corrected chi connectivity index (χ4v) is 3.46. The fraction of sp³-hybridized carbons (Fsp3) is 0.100. The van der Waals surface area contributed by atoms with Crippen molar-refractivity contribution in [3.8, 4) is 0 Å². The molecular formula is C20H16BrN3O2. The highest BCUT2D eigenvalue weighted by Crippen LogP contribution is 2.29. The number of fused-ring (bicyclic) bond motifs is 3. The number of hydrazone groups is 1. The molecule has 0 aliphatic carbocycles. The molecular weight excluding hydrogens is 394 g/mol. The van der Waals surface area contributed by atoms with Crippen molar-refractivity contribution in [2.45, 2.75) is 13.5 Å². The van der Waals surface area contributed by atoms with Gasteiger partial charge in [-0.2, -0.15) is 5.10 Å².